The maximum Gasteiger partial charge on any atom is 0.227 e. The second-order valence-electron chi connectivity index (χ2n) is 6.86. The number of hydrogen-bond donors (Lipinski definition) is 1. The molecule has 2 fully saturated rings. The summed E-state index contributed by atoms with van der Waals surface area (Å²) in [7, 11) is 0. The van der Waals surface area contributed by atoms with Crippen LogP contribution in [-0.2, 0) is 4.79 Å². The normalized spacial score (nSPS) is 23.5. The number of nitrogens with two attached hydrogens (primary N) is 1. The molecular formula is C16H31N3O. The summed E-state index contributed by atoms with van der Waals surface area (Å²) in [6, 6.07) is 0. The molecule has 0 aromatic carbocycles. The molecule has 1 unspecified atom stereocenters. The van der Waals surface area contributed by atoms with Crippen LogP contribution in [0.4, 0.5) is 0 Å². The highest BCUT2D eigenvalue weighted by Gasteiger charge is 2.29. The Balaban J connectivity index is 1.76. The number of carbonyl (C=O) groups is 1. The van der Waals surface area contributed by atoms with E-state index in [0.29, 0.717) is 12.5 Å². The van der Waals surface area contributed by atoms with Crippen molar-refractivity contribution in [1.29, 1.82) is 0 Å². The highest BCUT2D eigenvalue weighted by molar-refractivity contribution is 5.79. The Kier molecular flexibility index (Phi) is 5.85. The summed E-state index contributed by atoms with van der Waals surface area (Å²) in [4.78, 5) is 17.1. The van der Waals surface area contributed by atoms with Gasteiger partial charge in [-0.05, 0) is 50.6 Å². The smallest absolute Gasteiger partial charge is 0.227 e. The van der Waals surface area contributed by atoms with Crippen LogP contribution in [0.25, 0.3) is 0 Å². The van der Waals surface area contributed by atoms with Gasteiger partial charge in [0, 0.05) is 26.2 Å². The molecule has 0 bridgehead atoms. The van der Waals surface area contributed by atoms with Crippen molar-refractivity contribution in [1.82, 2.24) is 9.80 Å². The number of amides is 1. The Bertz CT molecular complexity index is 305. The van der Waals surface area contributed by atoms with E-state index in [4.69, 9.17) is 5.73 Å². The minimum absolute atomic E-state index is 0.00475. The molecule has 0 aromatic rings. The minimum atomic E-state index is 0.00475. The van der Waals surface area contributed by atoms with Gasteiger partial charge in [-0.3, -0.25) is 4.79 Å². The lowest BCUT2D eigenvalue weighted by Crippen LogP contribution is -2.46. The molecule has 116 valence electrons. The van der Waals surface area contributed by atoms with E-state index in [2.05, 4.69) is 23.6 Å². The highest BCUT2D eigenvalue weighted by Crippen LogP contribution is 2.23. The Morgan fingerprint density at radius 2 is 1.75 bits per heavy atom. The first-order chi connectivity index (χ1) is 9.61. The van der Waals surface area contributed by atoms with Gasteiger partial charge in [-0.1, -0.05) is 13.8 Å². The molecule has 0 aliphatic carbocycles. The topological polar surface area (TPSA) is 49.6 Å². The fourth-order valence-corrected chi connectivity index (χ4v) is 3.56. The predicted molar refractivity (Wildman–Crippen MR) is 82.4 cm³/mol. The monoisotopic (exact) mass is 281 g/mol. The zero-order valence-corrected chi connectivity index (χ0v) is 13.2. The summed E-state index contributed by atoms with van der Waals surface area (Å²) in [6.07, 6.45) is 5.06. The molecule has 20 heavy (non-hydrogen) atoms. The van der Waals surface area contributed by atoms with E-state index in [0.717, 1.165) is 31.8 Å². The SMILES string of the molecule is CC(C)C(CN)C(=O)N1CCC(CN2CCCC2)CC1. The van der Waals surface area contributed by atoms with E-state index in [-0.39, 0.29) is 11.8 Å². The average molecular weight is 281 g/mol. The van der Waals surface area contributed by atoms with Crippen molar-refractivity contribution >= 4 is 5.91 Å². The standard InChI is InChI=1S/C16H31N3O/c1-13(2)15(11-17)16(20)19-9-5-14(6-10-19)12-18-7-3-4-8-18/h13-15H,3-12,17H2,1-2H3. The van der Waals surface area contributed by atoms with Gasteiger partial charge >= 0.3 is 0 Å². The minimum Gasteiger partial charge on any atom is -0.342 e. The number of rotatable bonds is 5. The van der Waals surface area contributed by atoms with Crippen LogP contribution in [0, 0.1) is 17.8 Å². The maximum atomic E-state index is 12.5. The van der Waals surface area contributed by atoms with Crippen LogP contribution in [0.1, 0.15) is 39.5 Å². The van der Waals surface area contributed by atoms with E-state index < -0.39 is 0 Å². The molecule has 1 atom stereocenters. The van der Waals surface area contributed by atoms with Gasteiger partial charge in [-0.15, -0.1) is 0 Å². The van der Waals surface area contributed by atoms with Crippen LogP contribution in [0.15, 0.2) is 0 Å². The first-order valence-corrected chi connectivity index (χ1v) is 8.33. The van der Waals surface area contributed by atoms with Crippen LogP contribution in [0.2, 0.25) is 0 Å². The fraction of sp³-hybridized carbons (Fsp3) is 0.938. The molecule has 2 saturated heterocycles. The molecule has 2 N–H and O–H groups in total. The summed E-state index contributed by atoms with van der Waals surface area (Å²) >= 11 is 0. The van der Waals surface area contributed by atoms with Crippen LogP contribution in [0.3, 0.4) is 0 Å². The molecule has 2 heterocycles. The molecule has 1 amide bonds. The van der Waals surface area contributed by atoms with Crippen molar-refractivity contribution in [2.45, 2.75) is 39.5 Å². The average Bonchev–Trinajstić information content (AvgIpc) is 2.92. The largest absolute Gasteiger partial charge is 0.342 e. The fourth-order valence-electron chi connectivity index (χ4n) is 3.56. The van der Waals surface area contributed by atoms with Gasteiger partial charge in [0.15, 0.2) is 0 Å². The maximum absolute atomic E-state index is 12.5. The highest BCUT2D eigenvalue weighted by atomic mass is 16.2. The second-order valence-corrected chi connectivity index (χ2v) is 6.86. The lowest BCUT2D eigenvalue weighted by Gasteiger charge is -2.36. The first kappa shape index (κ1) is 15.8. The van der Waals surface area contributed by atoms with E-state index in [9.17, 15) is 4.79 Å². The molecule has 4 nitrogen and oxygen atoms in total. The van der Waals surface area contributed by atoms with Gasteiger partial charge in [0.25, 0.3) is 0 Å². The van der Waals surface area contributed by atoms with Gasteiger partial charge in [-0.25, -0.2) is 0 Å². The first-order valence-electron chi connectivity index (χ1n) is 8.33. The van der Waals surface area contributed by atoms with Crippen molar-refractivity contribution in [3.05, 3.63) is 0 Å². The van der Waals surface area contributed by atoms with Crippen LogP contribution >= 0.6 is 0 Å². The van der Waals surface area contributed by atoms with Crippen molar-refractivity contribution in [3.8, 4) is 0 Å². The van der Waals surface area contributed by atoms with Gasteiger partial charge in [0.05, 0.1) is 5.92 Å². The molecule has 0 radical (unpaired) electrons. The van der Waals surface area contributed by atoms with Gasteiger partial charge in [-0.2, -0.15) is 0 Å². The van der Waals surface area contributed by atoms with Gasteiger partial charge in [0.1, 0.15) is 0 Å². The lowest BCUT2D eigenvalue weighted by molar-refractivity contribution is -0.138. The summed E-state index contributed by atoms with van der Waals surface area (Å²) in [5, 5.41) is 0. The van der Waals surface area contributed by atoms with Crippen LogP contribution in [-0.4, -0.2) is 55.0 Å². The molecule has 0 saturated carbocycles. The predicted octanol–water partition coefficient (Wildman–Crippen LogP) is 1.55. The molecule has 2 aliphatic rings. The van der Waals surface area contributed by atoms with Crippen LogP contribution in [0.5, 0.6) is 0 Å². The summed E-state index contributed by atoms with van der Waals surface area (Å²) in [6.45, 7) is 10.3. The Labute approximate surface area is 123 Å². The molecule has 0 spiro atoms. The number of carbonyl (C=O) groups excluding carboxylic acids is 1. The van der Waals surface area contributed by atoms with Crippen molar-refractivity contribution in [2.24, 2.45) is 23.5 Å². The molecule has 2 rings (SSSR count). The van der Waals surface area contributed by atoms with E-state index >= 15 is 0 Å². The van der Waals surface area contributed by atoms with Gasteiger partial charge in [0.2, 0.25) is 5.91 Å². The van der Waals surface area contributed by atoms with Crippen molar-refractivity contribution in [2.75, 3.05) is 39.3 Å². The zero-order valence-electron chi connectivity index (χ0n) is 13.2. The van der Waals surface area contributed by atoms with E-state index in [1.54, 1.807) is 0 Å². The summed E-state index contributed by atoms with van der Waals surface area (Å²) < 4.78 is 0. The number of nitrogens with zero attached hydrogens (tertiary/aromatic N) is 2. The van der Waals surface area contributed by atoms with Crippen LogP contribution < -0.4 is 5.73 Å². The number of hydrogen-bond acceptors (Lipinski definition) is 3. The molecule has 0 aromatic heterocycles. The molecular weight excluding hydrogens is 250 g/mol. The third-order valence-electron chi connectivity index (χ3n) is 5.02. The second kappa shape index (κ2) is 7.41. The molecule has 4 heteroatoms. The lowest BCUT2D eigenvalue weighted by atomic mass is 9.91. The molecule has 2 aliphatic heterocycles. The summed E-state index contributed by atoms with van der Waals surface area (Å²) in [5.74, 6) is 1.41. The van der Waals surface area contributed by atoms with Gasteiger partial charge < -0.3 is 15.5 Å². The zero-order chi connectivity index (χ0) is 14.5. The quantitative estimate of drug-likeness (QED) is 0.832. The third kappa shape index (κ3) is 3.95. The third-order valence-corrected chi connectivity index (χ3v) is 5.02. The Hall–Kier alpha value is -0.610. The van der Waals surface area contributed by atoms with E-state index in [1.165, 1.54) is 32.5 Å². The summed E-state index contributed by atoms with van der Waals surface area (Å²) in [5.41, 5.74) is 5.76. The number of likely N-dealkylation sites (tertiary alicyclic amines) is 2. The Morgan fingerprint density at radius 3 is 2.25 bits per heavy atom. The Morgan fingerprint density at radius 1 is 1.15 bits per heavy atom. The number of piperidine rings is 1. The van der Waals surface area contributed by atoms with E-state index in [1.807, 2.05) is 0 Å². The van der Waals surface area contributed by atoms with Crippen molar-refractivity contribution < 1.29 is 4.79 Å². The van der Waals surface area contributed by atoms with Crippen molar-refractivity contribution in [3.63, 3.8) is 0 Å².